The fourth-order valence-electron chi connectivity index (χ4n) is 5.37. The summed E-state index contributed by atoms with van der Waals surface area (Å²) in [5, 5.41) is 0. The fraction of sp³-hybridized carbons (Fsp3) is 0.577. The highest BCUT2D eigenvalue weighted by Gasteiger charge is 2.27. The van der Waals surface area contributed by atoms with Gasteiger partial charge in [0.2, 0.25) is 0 Å². The fourth-order valence-corrected chi connectivity index (χ4v) is 6.12. The maximum absolute atomic E-state index is 12.7. The van der Waals surface area contributed by atoms with Crippen molar-refractivity contribution in [1.29, 1.82) is 0 Å². The highest BCUT2D eigenvalue weighted by atomic mass is 31.2. The number of allylic oxidation sites excluding steroid dienone is 20. The van der Waals surface area contributed by atoms with Crippen molar-refractivity contribution in [3.63, 3.8) is 0 Å². The third-order valence-corrected chi connectivity index (χ3v) is 9.97. The number of nitrogens with zero attached hydrogens (tertiary/aromatic N) is 1. The van der Waals surface area contributed by atoms with Crippen LogP contribution in [0.4, 0.5) is 0 Å². The van der Waals surface area contributed by atoms with Crippen molar-refractivity contribution in [2.75, 3.05) is 47.5 Å². The minimum atomic E-state index is -4.42. The summed E-state index contributed by atoms with van der Waals surface area (Å²) in [5.74, 6) is -0.946. The third-order valence-electron chi connectivity index (χ3n) is 8.99. The summed E-state index contributed by atoms with van der Waals surface area (Å²) in [6, 6.07) is 0. The van der Waals surface area contributed by atoms with Crippen molar-refractivity contribution in [3.05, 3.63) is 122 Å². The van der Waals surface area contributed by atoms with Crippen LogP contribution in [0.5, 0.6) is 0 Å². The van der Waals surface area contributed by atoms with Gasteiger partial charge in [-0.15, -0.1) is 0 Å². The zero-order chi connectivity index (χ0) is 45.7. The van der Waals surface area contributed by atoms with E-state index in [0.29, 0.717) is 23.9 Å². The number of carbonyl (C=O) groups is 2. The number of phosphoric acid groups is 1. The van der Waals surface area contributed by atoms with E-state index in [0.717, 1.165) is 77.0 Å². The van der Waals surface area contributed by atoms with Crippen LogP contribution >= 0.6 is 7.82 Å². The molecular weight excluding hydrogens is 798 g/mol. The van der Waals surface area contributed by atoms with Gasteiger partial charge in [0.1, 0.15) is 19.8 Å². The Kier molecular flexibility index (Phi) is 40.2. The van der Waals surface area contributed by atoms with E-state index in [-0.39, 0.29) is 26.1 Å². The van der Waals surface area contributed by atoms with E-state index in [2.05, 4.69) is 123 Å². The summed E-state index contributed by atoms with van der Waals surface area (Å²) in [6.45, 7) is 4.12. The number of unbranched alkanes of at least 4 members (excludes halogenated alkanes) is 6. The molecule has 2 atom stereocenters. The summed E-state index contributed by atoms with van der Waals surface area (Å²) in [6.07, 6.45) is 59.8. The van der Waals surface area contributed by atoms with Crippen molar-refractivity contribution in [2.45, 2.75) is 148 Å². The van der Waals surface area contributed by atoms with E-state index in [1.165, 1.54) is 25.7 Å². The topological polar surface area (TPSA) is 108 Å². The highest BCUT2D eigenvalue weighted by molar-refractivity contribution is 7.47. The summed E-state index contributed by atoms with van der Waals surface area (Å²) in [7, 11) is 1.39. The monoisotopic (exact) mass is 883 g/mol. The van der Waals surface area contributed by atoms with Gasteiger partial charge in [-0.1, -0.05) is 155 Å². The molecule has 0 radical (unpaired) electrons. The quantitative estimate of drug-likeness (QED) is 0.0213. The number of hydrogen-bond donors (Lipinski definition) is 1. The van der Waals surface area contributed by atoms with Gasteiger partial charge in [-0.05, 0) is 96.3 Å². The van der Waals surface area contributed by atoms with Gasteiger partial charge in [0.05, 0.1) is 27.7 Å². The van der Waals surface area contributed by atoms with Gasteiger partial charge in [0, 0.05) is 12.8 Å². The zero-order valence-electron chi connectivity index (χ0n) is 39.3. The first-order valence-corrected chi connectivity index (χ1v) is 24.8. The molecular formula is C52H85NO8P+. The largest absolute Gasteiger partial charge is 0.472 e. The van der Waals surface area contributed by atoms with Gasteiger partial charge in [-0.25, -0.2) is 4.57 Å². The Hall–Kier alpha value is -3.59. The minimum absolute atomic E-state index is 0.00515. The first kappa shape index (κ1) is 58.4. The lowest BCUT2D eigenvalue weighted by molar-refractivity contribution is -0.870. The molecule has 62 heavy (non-hydrogen) atoms. The van der Waals surface area contributed by atoms with Gasteiger partial charge in [-0.2, -0.15) is 0 Å². The second-order valence-electron chi connectivity index (χ2n) is 16.0. The molecule has 0 heterocycles. The standard InChI is InChI=1S/C52H84NO8P/c1-6-8-10-12-14-16-18-20-22-24-26-28-30-32-34-36-38-40-42-44-51(54)58-48-50(49-60-62(56,57)59-47-46-53(3,4)5)61-52(55)45-43-41-39-37-35-33-31-29-27-25-23-21-19-17-15-13-11-9-7-2/h8,10,14-17,20-23,26-29,32-35,39,41,50H,6-7,9,11-13,18-19,24-25,30-31,36-38,40,42-49H2,1-5H3/p+1/b10-8-,16-14-,17-15-,22-20-,23-21-,28-26-,29-27-,34-32-,35-33-,41-39-/t50-/m1/s1. The number of ether oxygens (including phenoxy) is 2. The lowest BCUT2D eigenvalue weighted by atomic mass is 10.1. The summed E-state index contributed by atoms with van der Waals surface area (Å²) < 4.78 is 34.2. The molecule has 0 aromatic heterocycles. The Labute approximate surface area is 378 Å². The van der Waals surface area contributed by atoms with Gasteiger partial charge >= 0.3 is 19.8 Å². The Bertz CT molecular complexity index is 1460. The number of carbonyl (C=O) groups excluding carboxylic acids is 2. The molecule has 1 unspecified atom stereocenters. The molecule has 0 saturated carbocycles. The molecule has 0 fully saturated rings. The number of quaternary nitrogens is 1. The summed E-state index contributed by atoms with van der Waals surface area (Å²) >= 11 is 0. The Balaban J connectivity index is 4.54. The minimum Gasteiger partial charge on any atom is -0.462 e. The highest BCUT2D eigenvalue weighted by Crippen LogP contribution is 2.43. The van der Waals surface area contributed by atoms with Crippen molar-refractivity contribution in [2.24, 2.45) is 0 Å². The van der Waals surface area contributed by atoms with Gasteiger partial charge in [0.15, 0.2) is 6.10 Å². The lowest BCUT2D eigenvalue weighted by Gasteiger charge is -2.24. The van der Waals surface area contributed by atoms with Gasteiger partial charge < -0.3 is 18.9 Å². The van der Waals surface area contributed by atoms with Crippen LogP contribution in [0.2, 0.25) is 0 Å². The Morgan fingerprint density at radius 1 is 0.516 bits per heavy atom. The summed E-state index contributed by atoms with van der Waals surface area (Å²) in [5.41, 5.74) is 0. The molecule has 1 N–H and O–H groups in total. The molecule has 0 aromatic rings. The van der Waals surface area contributed by atoms with Crippen LogP contribution in [0, 0.1) is 0 Å². The molecule has 0 bridgehead atoms. The predicted octanol–water partition coefficient (Wildman–Crippen LogP) is 13.7. The van der Waals surface area contributed by atoms with E-state index in [9.17, 15) is 19.0 Å². The van der Waals surface area contributed by atoms with E-state index in [1.54, 1.807) is 0 Å². The maximum atomic E-state index is 12.7. The Morgan fingerprint density at radius 2 is 0.952 bits per heavy atom. The number of esters is 2. The molecule has 0 aliphatic rings. The van der Waals surface area contributed by atoms with Crippen molar-refractivity contribution >= 4 is 19.8 Å². The molecule has 9 nitrogen and oxygen atoms in total. The first-order chi connectivity index (χ1) is 30.0. The number of likely N-dealkylation sites (N-methyl/N-ethyl adjacent to an activating group) is 1. The molecule has 0 amide bonds. The van der Waals surface area contributed by atoms with Crippen LogP contribution in [0.15, 0.2) is 122 Å². The SMILES string of the molecule is CC/C=C\C/C=C\C/C=C\C/C=C\C/C=C\CCCCCC(=O)OC[C@H](COP(=O)(O)OCC[N+](C)(C)C)OC(=O)CC/C=C\C/C=C\C/C=C\C/C=C\C/C=C\CCCCC. The molecule has 0 rings (SSSR count). The summed E-state index contributed by atoms with van der Waals surface area (Å²) in [4.78, 5) is 35.4. The first-order valence-electron chi connectivity index (χ1n) is 23.3. The molecule has 0 spiro atoms. The molecule has 0 aliphatic heterocycles. The zero-order valence-corrected chi connectivity index (χ0v) is 40.2. The van der Waals surface area contributed by atoms with E-state index in [1.807, 2.05) is 33.3 Å². The van der Waals surface area contributed by atoms with Gasteiger partial charge in [-0.3, -0.25) is 18.6 Å². The molecule has 350 valence electrons. The average Bonchev–Trinajstić information content (AvgIpc) is 3.23. The third kappa shape index (κ3) is 45.9. The van der Waals surface area contributed by atoms with Crippen molar-refractivity contribution < 1.29 is 42.1 Å². The number of hydrogen-bond acceptors (Lipinski definition) is 7. The molecule has 10 heteroatoms. The normalized spacial score (nSPS) is 14.6. The van der Waals surface area contributed by atoms with Crippen LogP contribution < -0.4 is 0 Å². The van der Waals surface area contributed by atoms with Crippen LogP contribution in [0.25, 0.3) is 0 Å². The lowest BCUT2D eigenvalue weighted by Crippen LogP contribution is -2.37. The van der Waals surface area contributed by atoms with E-state index >= 15 is 0 Å². The second kappa shape index (κ2) is 42.7. The number of phosphoric ester groups is 1. The Morgan fingerprint density at radius 3 is 1.40 bits per heavy atom. The smallest absolute Gasteiger partial charge is 0.462 e. The maximum Gasteiger partial charge on any atom is 0.472 e. The predicted molar refractivity (Wildman–Crippen MR) is 261 cm³/mol. The van der Waals surface area contributed by atoms with Crippen LogP contribution in [0.1, 0.15) is 142 Å². The molecule has 0 aliphatic carbocycles. The van der Waals surface area contributed by atoms with Gasteiger partial charge in [0.25, 0.3) is 0 Å². The van der Waals surface area contributed by atoms with Crippen LogP contribution in [0.3, 0.4) is 0 Å². The molecule has 0 saturated heterocycles. The molecule has 0 aromatic carbocycles. The number of rotatable bonds is 40. The van der Waals surface area contributed by atoms with E-state index < -0.39 is 32.5 Å². The van der Waals surface area contributed by atoms with Crippen LogP contribution in [-0.2, 0) is 32.7 Å². The van der Waals surface area contributed by atoms with Crippen LogP contribution in [-0.4, -0.2) is 74.9 Å². The van der Waals surface area contributed by atoms with E-state index in [4.69, 9.17) is 18.5 Å². The second-order valence-corrected chi connectivity index (χ2v) is 17.5. The van der Waals surface area contributed by atoms with Crippen molar-refractivity contribution in [1.82, 2.24) is 0 Å². The average molecular weight is 883 g/mol. The van der Waals surface area contributed by atoms with Crippen molar-refractivity contribution in [3.8, 4) is 0 Å².